The maximum absolute atomic E-state index is 13.4. The molecule has 0 radical (unpaired) electrons. The van der Waals surface area contributed by atoms with Gasteiger partial charge in [0, 0.05) is 60.5 Å². The van der Waals surface area contributed by atoms with Gasteiger partial charge in [0.15, 0.2) is 0 Å². The Balaban J connectivity index is 1.98. The minimum atomic E-state index is -0.816. The van der Waals surface area contributed by atoms with E-state index in [0.29, 0.717) is 59.6 Å². The van der Waals surface area contributed by atoms with Gasteiger partial charge in [-0.2, -0.15) is 0 Å². The highest BCUT2D eigenvalue weighted by Crippen LogP contribution is 2.36. The summed E-state index contributed by atoms with van der Waals surface area (Å²) in [5, 5.41) is 6.70. The van der Waals surface area contributed by atoms with Gasteiger partial charge in [-0.3, -0.25) is 9.80 Å². The molecule has 0 aromatic heterocycles. The zero-order valence-electron chi connectivity index (χ0n) is 22.5. The normalized spacial score (nSPS) is 19.1. The number of carbonyl (C=O) groups excluding carboxylic acids is 3. The number of hydrogen-bond acceptors (Lipinski definition) is 5. The van der Waals surface area contributed by atoms with Crippen molar-refractivity contribution in [1.82, 2.24) is 25.3 Å². The molecule has 1 aromatic carbocycles. The largest absolute Gasteiger partial charge is 0.463 e. The topological polar surface area (TPSA) is 94.2 Å². The summed E-state index contributed by atoms with van der Waals surface area (Å²) in [6, 6.07) is 3.66. The highest BCUT2D eigenvalue weighted by Gasteiger charge is 2.39. The van der Waals surface area contributed by atoms with Crippen molar-refractivity contribution in [2.24, 2.45) is 0 Å². The number of esters is 1. The monoisotopic (exact) mass is 565 g/mol. The van der Waals surface area contributed by atoms with E-state index in [1.807, 2.05) is 20.8 Å². The van der Waals surface area contributed by atoms with E-state index < -0.39 is 12.0 Å². The quantitative estimate of drug-likeness (QED) is 0.373. The zero-order valence-corrected chi connectivity index (χ0v) is 24.0. The summed E-state index contributed by atoms with van der Waals surface area (Å²) in [6.07, 6.45) is 2.36. The van der Waals surface area contributed by atoms with Crippen LogP contribution in [0.2, 0.25) is 10.0 Å². The van der Waals surface area contributed by atoms with Crippen LogP contribution in [0.1, 0.15) is 45.7 Å². The van der Waals surface area contributed by atoms with Crippen molar-refractivity contribution in [2.45, 2.75) is 45.7 Å². The van der Waals surface area contributed by atoms with E-state index in [-0.39, 0.29) is 30.8 Å². The molecule has 1 unspecified atom stereocenters. The average molecular weight is 567 g/mol. The standard InChI is InChI=1S/C27H37Cl2N5O4/c1-6-11-34-21(17-32-12-8-13-33(15-14-32)26(37)31-27(3,4)5)22(24(35)38-7-2)23(30-25(34)36)19-10-9-18(28)16-20(19)29/h6,9-10,16,23H,1,7-8,11-15,17H2,2-5H3,(H,30,36)(H,31,37). The summed E-state index contributed by atoms with van der Waals surface area (Å²) in [5.41, 5.74) is 1.05. The second kappa shape index (κ2) is 12.9. The lowest BCUT2D eigenvalue weighted by Gasteiger charge is -2.38. The SMILES string of the molecule is C=CCN1C(=O)NC(c2ccc(Cl)cc2Cl)C(C(=O)OCC)=C1CN1CCCN(C(=O)NC(C)(C)C)CC1. The van der Waals surface area contributed by atoms with E-state index >= 15 is 0 Å². The first-order valence-corrected chi connectivity index (χ1v) is 13.5. The van der Waals surface area contributed by atoms with Crippen molar-refractivity contribution in [1.29, 1.82) is 0 Å². The smallest absolute Gasteiger partial charge is 0.338 e. The highest BCUT2D eigenvalue weighted by molar-refractivity contribution is 6.35. The fraction of sp³-hybridized carbons (Fsp3) is 0.519. The molecule has 2 N–H and O–H groups in total. The van der Waals surface area contributed by atoms with Crippen LogP contribution in [0, 0.1) is 0 Å². The average Bonchev–Trinajstić information content (AvgIpc) is 3.06. The van der Waals surface area contributed by atoms with Crippen molar-refractivity contribution < 1.29 is 19.1 Å². The van der Waals surface area contributed by atoms with Gasteiger partial charge in [0.05, 0.1) is 18.2 Å². The molecule has 2 heterocycles. The molecule has 0 bridgehead atoms. The van der Waals surface area contributed by atoms with Crippen molar-refractivity contribution in [2.75, 3.05) is 45.9 Å². The third-order valence-corrected chi connectivity index (χ3v) is 6.81. The molecule has 1 atom stereocenters. The summed E-state index contributed by atoms with van der Waals surface area (Å²) in [5.74, 6) is -0.534. The molecule has 1 aromatic rings. The molecule has 0 spiro atoms. The van der Waals surface area contributed by atoms with Gasteiger partial charge in [0.25, 0.3) is 0 Å². The van der Waals surface area contributed by atoms with E-state index in [4.69, 9.17) is 27.9 Å². The molecule has 38 heavy (non-hydrogen) atoms. The molecule has 3 rings (SSSR count). The van der Waals surface area contributed by atoms with Crippen molar-refractivity contribution in [3.05, 3.63) is 57.7 Å². The predicted octanol–water partition coefficient (Wildman–Crippen LogP) is 4.58. The number of hydrogen-bond donors (Lipinski definition) is 2. The first kappa shape index (κ1) is 29.8. The fourth-order valence-electron chi connectivity index (χ4n) is 4.56. The van der Waals surface area contributed by atoms with Gasteiger partial charge in [-0.05, 0) is 51.8 Å². The van der Waals surface area contributed by atoms with Crippen LogP contribution in [0.25, 0.3) is 0 Å². The van der Waals surface area contributed by atoms with Gasteiger partial charge in [0.2, 0.25) is 0 Å². The lowest BCUT2D eigenvalue weighted by Crippen LogP contribution is -2.51. The molecule has 0 saturated carbocycles. The van der Waals surface area contributed by atoms with Gasteiger partial charge in [-0.15, -0.1) is 6.58 Å². The summed E-state index contributed by atoms with van der Waals surface area (Å²) in [4.78, 5) is 44.9. The van der Waals surface area contributed by atoms with Crippen LogP contribution in [0.4, 0.5) is 9.59 Å². The number of nitrogens with zero attached hydrogens (tertiary/aromatic N) is 3. The highest BCUT2D eigenvalue weighted by atomic mass is 35.5. The van der Waals surface area contributed by atoms with E-state index in [1.54, 1.807) is 36.1 Å². The molecule has 0 aliphatic carbocycles. The van der Waals surface area contributed by atoms with Gasteiger partial charge in [0.1, 0.15) is 0 Å². The summed E-state index contributed by atoms with van der Waals surface area (Å²) in [6.45, 7) is 14.5. The van der Waals surface area contributed by atoms with Gasteiger partial charge in [-0.25, -0.2) is 14.4 Å². The van der Waals surface area contributed by atoms with Crippen molar-refractivity contribution in [3.8, 4) is 0 Å². The van der Waals surface area contributed by atoms with E-state index in [0.717, 1.165) is 6.42 Å². The Kier molecular flexibility index (Phi) is 10.1. The van der Waals surface area contributed by atoms with Crippen LogP contribution in [0.15, 0.2) is 42.1 Å². The molecule has 1 saturated heterocycles. The minimum absolute atomic E-state index is 0.103. The molecule has 9 nitrogen and oxygen atoms in total. The van der Waals surface area contributed by atoms with Crippen LogP contribution in [-0.2, 0) is 9.53 Å². The third kappa shape index (κ3) is 7.42. The maximum atomic E-state index is 13.4. The molecular weight excluding hydrogens is 529 g/mol. The molecule has 2 aliphatic heterocycles. The van der Waals surface area contributed by atoms with Gasteiger partial charge >= 0.3 is 18.0 Å². The second-order valence-electron chi connectivity index (χ2n) is 10.3. The van der Waals surface area contributed by atoms with E-state index in [2.05, 4.69) is 22.1 Å². The lowest BCUT2D eigenvalue weighted by atomic mass is 9.94. The maximum Gasteiger partial charge on any atom is 0.338 e. The lowest BCUT2D eigenvalue weighted by molar-refractivity contribution is -0.139. The third-order valence-electron chi connectivity index (χ3n) is 6.25. The summed E-state index contributed by atoms with van der Waals surface area (Å²) in [7, 11) is 0. The molecule has 208 valence electrons. The van der Waals surface area contributed by atoms with Crippen molar-refractivity contribution in [3.63, 3.8) is 0 Å². The number of amides is 4. The summed E-state index contributed by atoms with van der Waals surface area (Å²) < 4.78 is 5.45. The van der Waals surface area contributed by atoms with Crippen LogP contribution < -0.4 is 10.6 Å². The number of carbonyl (C=O) groups is 3. The van der Waals surface area contributed by atoms with Crippen molar-refractivity contribution >= 4 is 41.2 Å². The predicted molar refractivity (Wildman–Crippen MR) is 149 cm³/mol. The van der Waals surface area contributed by atoms with Crippen LogP contribution in [0.3, 0.4) is 0 Å². The van der Waals surface area contributed by atoms with E-state index in [1.165, 1.54) is 4.90 Å². The zero-order chi connectivity index (χ0) is 28.0. The van der Waals surface area contributed by atoms with Crippen LogP contribution >= 0.6 is 23.2 Å². The molecule has 1 fully saturated rings. The fourth-order valence-corrected chi connectivity index (χ4v) is 5.08. The summed E-state index contributed by atoms with van der Waals surface area (Å²) >= 11 is 12.6. The van der Waals surface area contributed by atoms with Gasteiger partial charge < -0.3 is 20.3 Å². The molecular formula is C27H37Cl2N5O4. The minimum Gasteiger partial charge on any atom is -0.463 e. The number of rotatable bonds is 7. The van der Waals surface area contributed by atoms with Crippen LogP contribution in [0.5, 0.6) is 0 Å². The molecule has 4 amide bonds. The van der Waals surface area contributed by atoms with Crippen LogP contribution in [-0.4, -0.2) is 84.1 Å². The van der Waals surface area contributed by atoms with E-state index in [9.17, 15) is 14.4 Å². The Bertz CT molecular complexity index is 1100. The Hall–Kier alpha value is -2.75. The number of nitrogens with one attached hydrogen (secondary N) is 2. The number of benzene rings is 1. The Morgan fingerprint density at radius 2 is 1.95 bits per heavy atom. The Labute approximate surface area is 234 Å². The van der Waals surface area contributed by atoms with Gasteiger partial charge in [-0.1, -0.05) is 35.3 Å². The number of ether oxygens (including phenoxy) is 1. The molecule has 11 heteroatoms. The first-order valence-electron chi connectivity index (χ1n) is 12.8. The number of urea groups is 2. The second-order valence-corrected chi connectivity index (χ2v) is 11.2. The first-order chi connectivity index (χ1) is 17.9. The Morgan fingerprint density at radius 1 is 1.21 bits per heavy atom. The number of halogens is 2. The Morgan fingerprint density at radius 3 is 2.58 bits per heavy atom. The molecule has 2 aliphatic rings.